The second-order valence-corrected chi connectivity index (χ2v) is 6.92. The van der Waals surface area contributed by atoms with Gasteiger partial charge in [0.1, 0.15) is 0 Å². The third-order valence-corrected chi connectivity index (χ3v) is 4.83. The number of aromatic nitrogens is 1. The summed E-state index contributed by atoms with van der Waals surface area (Å²) in [6.45, 7) is 4.25. The molecule has 0 aliphatic heterocycles. The third-order valence-electron chi connectivity index (χ3n) is 4.83. The second-order valence-electron chi connectivity index (χ2n) is 6.92. The minimum absolute atomic E-state index is 0.980. The van der Waals surface area contributed by atoms with Gasteiger partial charge in [0.2, 0.25) is 0 Å². The maximum absolute atomic E-state index is 2.38. The molecule has 1 aliphatic carbocycles. The molecular weight excluding hydrogens is 326 g/mol. The predicted octanol–water partition coefficient (Wildman–Crippen LogP) is 7.28. The largest absolute Gasteiger partial charge is 0.309 e. The van der Waals surface area contributed by atoms with Gasteiger partial charge < -0.3 is 4.57 Å². The van der Waals surface area contributed by atoms with Crippen LogP contribution in [0.1, 0.15) is 31.5 Å². The Balaban J connectivity index is 0.000000565. The van der Waals surface area contributed by atoms with Crippen molar-refractivity contribution in [2.75, 3.05) is 0 Å². The van der Waals surface area contributed by atoms with Gasteiger partial charge in [0.05, 0.1) is 11.2 Å². The van der Waals surface area contributed by atoms with E-state index < -0.39 is 0 Å². The molecule has 0 saturated carbocycles. The van der Waals surface area contributed by atoms with Crippen molar-refractivity contribution in [2.45, 2.75) is 26.7 Å². The topological polar surface area (TPSA) is 4.93 Å². The van der Waals surface area contributed by atoms with E-state index in [1.54, 1.807) is 0 Å². The van der Waals surface area contributed by atoms with Gasteiger partial charge in [0.25, 0.3) is 0 Å². The van der Waals surface area contributed by atoms with Crippen LogP contribution in [-0.2, 0) is 6.42 Å². The number of allylic oxidation sites excluding steroid dienone is 1. The fraction of sp³-hybridized carbons (Fsp3) is 0.154. The average molecular weight is 351 g/mol. The lowest BCUT2D eigenvalue weighted by Crippen LogP contribution is -1.96. The van der Waals surface area contributed by atoms with Crippen LogP contribution in [0.2, 0.25) is 0 Å². The standard InChI is InChI=1S/C23H17N.C3H8/c1-2-11-18(12-3-1)24-21-15-7-6-14-20(21)23-19-13-5-4-9-17(19)10-8-16-22(23)24;1-3-2/h1-9,11-16H,10H2;3H2,1-2H3. The summed E-state index contributed by atoms with van der Waals surface area (Å²) >= 11 is 0. The summed E-state index contributed by atoms with van der Waals surface area (Å²) in [5.41, 5.74) is 7.83. The molecule has 0 atom stereocenters. The first-order valence-corrected chi connectivity index (χ1v) is 9.78. The van der Waals surface area contributed by atoms with Gasteiger partial charge in [-0.05, 0) is 41.8 Å². The van der Waals surface area contributed by atoms with Crippen LogP contribution in [0, 0.1) is 0 Å². The van der Waals surface area contributed by atoms with E-state index in [1.807, 2.05) is 0 Å². The Kier molecular flexibility index (Phi) is 4.93. The lowest BCUT2D eigenvalue weighted by Gasteiger charge is -2.09. The molecule has 27 heavy (non-hydrogen) atoms. The van der Waals surface area contributed by atoms with Crippen LogP contribution < -0.4 is 0 Å². The minimum Gasteiger partial charge on any atom is -0.309 e. The van der Waals surface area contributed by atoms with Gasteiger partial charge in [-0.2, -0.15) is 0 Å². The monoisotopic (exact) mass is 351 g/mol. The van der Waals surface area contributed by atoms with Gasteiger partial charge in [0.15, 0.2) is 0 Å². The first kappa shape index (κ1) is 17.4. The molecule has 1 aromatic heterocycles. The molecule has 4 aromatic rings. The predicted molar refractivity (Wildman–Crippen MR) is 117 cm³/mol. The highest BCUT2D eigenvalue weighted by molar-refractivity contribution is 6.03. The first-order chi connectivity index (χ1) is 13.3. The quantitative estimate of drug-likeness (QED) is 0.339. The highest BCUT2D eigenvalue weighted by Crippen LogP contribution is 2.40. The zero-order chi connectivity index (χ0) is 18.6. The Morgan fingerprint density at radius 1 is 0.778 bits per heavy atom. The fourth-order valence-electron chi connectivity index (χ4n) is 3.80. The van der Waals surface area contributed by atoms with Crippen molar-refractivity contribution in [3.8, 4) is 16.8 Å². The van der Waals surface area contributed by atoms with E-state index in [2.05, 4.69) is 109 Å². The molecule has 0 unspecified atom stereocenters. The lowest BCUT2D eigenvalue weighted by molar-refractivity contribution is 1.09. The minimum atomic E-state index is 0.980. The normalized spacial score (nSPS) is 11.9. The number of para-hydroxylation sites is 2. The van der Waals surface area contributed by atoms with Crippen LogP contribution in [0.15, 0.2) is 84.9 Å². The number of fused-ring (bicyclic) bond motifs is 5. The van der Waals surface area contributed by atoms with Crippen LogP contribution in [0.4, 0.5) is 0 Å². The van der Waals surface area contributed by atoms with Crippen molar-refractivity contribution in [3.63, 3.8) is 0 Å². The molecule has 1 heteroatoms. The van der Waals surface area contributed by atoms with Gasteiger partial charge in [-0.1, -0.05) is 87.0 Å². The van der Waals surface area contributed by atoms with Crippen molar-refractivity contribution in [1.82, 2.24) is 4.57 Å². The molecule has 1 heterocycles. The van der Waals surface area contributed by atoms with Gasteiger partial charge >= 0.3 is 0 Å². The van der Waals surface area contributed by atoms with Gasteiger partial charge in [0, 0.05) is 16.6 Å². The van der Waals surface area contributed by atoms with Crippen molar-refractivity contribution in [2.24, 2.45) is 0 Å². The molecule has 0 N–H and O–H groups in total. The number of hydrogen-bond donors (Lipinski definition) is 0. The lowest BCUT2D eigenvalue weighted by atomic mass is 9.97. The molecular formula is C26H25N. The average Bonchev–Trinajstić information content (AvgIpc) is 2.91. The Labute approximate surface area is 161 Å². The number of nitrogens with zero attached hydrogens (tertiary/aromatic N) is 1. The third kappa shape index (κ3) is 3.10. The summed E-state index contributed by atoms with van der Waals surface area (Å²) in [6, 6.07) is 28.1. The van der Waals surface area contributed by atoms with E-state index in [0.29, 0.717) is 0 Å². The molecule has 0 bridgehead atoms. The van der Waals surface area contributed by atoms with E-state index in [-0.39, 0.29) is 0 Å². The molecule has 1 aliphatic rings. The Bertz CT molecular complexity index is 1080. The molecule has 3 aromatic carbocycles. The summed E-state index contributed by atoms with van der Waals surface area (Å²) < 4.78 is 2.38. The molecule has 0 radical (unpaired) electrons. The van der Waals surface area contributed by atoms with E-state index >= 15 is 0 Å². The Hall–Kier alpha value is -3.06. The smallest absolute Gasteiger partial charge is 0.0544 e. The zero-order valence-electron chi connectivity index (χ0n) is 16.0. The van der Waals surface area contributed by atoms with Crippen molar-refractivity contribution in [3.05, 3.63) is 96.2 Å². The van der Waals surface area contributed by atoms with Gasteiger partial charge in [-0.15, -0.1) is 0 Å². The summed E-state index contributed by atoms with van der Waals surface area (Å²) in [6.07, 6.45) is 6.79. The number of benzene rings is 3. The van der Waals surface area contributed by atoms with Crippen LogP contribution in [0.25, 0.3) is 33.8 Å². The van der Waals surface area contributed by atoms with E-state index in [0.717, 1.165) is 6.42 Å². The zero-order valence-corrected chi connectivity index (χ0v) is 16.0. The highest BCUT2D eigenvalue weighted by atomic mass is 15.0. The van der Waals surface area contributed by atoms with E-state index in [1.165, 1.54) is 45.4 Å². The van der Waals surface area contributed by atoms with Crippen LogP contribution in [0.3, 0.4) is 0 Å². The molecule has 0 amide bonds. The second kappa shape index (κ2) is 7.67. The van der Waals surface area contributed by atoms with E-state index in [4.69, 9.17) is 0 Å². The Morgan fingerprint density at radius 3 is 2.26 bits per heavy atom. The molecule has 5 rings (SSSR count). The van der Waals surface area contributed by atoms with Crippen LogP contribution >= 0.6 is 0 Å². The summed E-state index contributed by atoms with van der Waals surface area (Å²) in [4.78, 5) is 0. The van der Waals surface area contributed by atoms with E-state index in [9.17, 15) is 0 Å². The summed E-state index contributed by atoms with van der Waals surface area (Å²) in [5.74, 6) is 0. The molecule has 0 saturated heterocycles. The summed E-state index contributed by atoms with van der Waals surface area (Å²) in [5, 5.41) is 1.32. The van der Waals surface area contributed by atoms with Gasteiger partial charge in [-0.25, -0.2) is 0 Å². The summed E-state index contributed by atoms with van der Waals surface area (Å²) in [7, 11) is 0. The van der Waals surface area contributed by atoms with Crippen LogP contribution in [0.5, 0.6) is 0 Å². The maximum atomic E-state index is 2.38. The highest BCUT2D eigenvalue weighted by Gasteiger charge is 2.20. The molecule has 0 spiro atoms. The number of rotatable bonds is 1. The van der Waals surface area contributed by atoms with Crippen molar-refractivity contribution in [1.29, 1.82) is 0 Å². The molecule has 1 nitrogen and oxygen atoms in total. The maximum Gasteiger partial charge on any atom is 0.0544 e. The first-order valence-electron chi connectivity index (χ1n) is 9.78. The van der Waals surface area contributed by atoms with Crippen molar-refractivity contribution >= 4 is 17.0 Å². The Morgan fingerprint density at radius 2 is 1.44 bits per heavy atom. The van der Waals surface area contributed by atoms with Gasteiger partial charge in [-0.3, -0.25) is 0 Å². The fourth-order valence-corrected chi connectivity index (χ4v) is 3.80. The number of hydrogen-bond acceptors (Lipinski definition) is 0. The van der Waals surface area contributed by atoms with Crippen LogP contribution in [-0.4, -0.2) is 4.57 Å². The van der Waals surface area contributed by atoms with Crippen molar-refractivity contribution < 1.29 is 0 Å². The molecule has 0 fully saturated rings. The molecule has 134 valence electrons. The SMILES string of the molecule is C1=Cc2c(c3ccccc3n2-c2ccccc2)-c2ccccc2C1.CCC.